The van der Waals surface area contributed by atoms with E-state index in [1.807, 2.05) is 38.2 Å². The van der Waals surface area contributed by atoms with E-state index in [9.17, 15) is 4.79 Å². The zero-order valence-corrected chi connectivity index (χ0v) is 17.6. The molecule has 0 saturated carbocycles. The van der Waals surface area contributed by atoms with Gasteiger partial charge < -0.3 is 14.4 Å². The standard InChI is InChI=1S/C25H25N3O3/c1-3-28(4-2)25(29)20-13-23(30-21-9-5-18(16-26)6-10-21)15-24(14-20)31-22-11-7-19(17-27)8-12-22/h5-15,21-22,26-27H,3-4H2,1-2H3. The summed E-state index contributed by atoms with van der Waals surface area (Å²) < 4.78 is 12.1. The van der Waals surface area contributed by atoms with Crippen molar-refractivity contribution >= 4 is 17.6 Å². The largest absolute Gasteiger partial charge is 0.482 e. The van der Waals surface area contributed by atoms with Crippen molar-refractivity contribution in [2.24, 2.45) is 0 Å². The summed E-state index contributed by atoms with van der Waals surface area (Å²) in [7, 11) is 0. The molecule has 1 aromatic rings. The lowest BCUT2D eigenvalue weighted by Gasteiger charge is -2.22. The molecule has 158 valence electrons. The highest BCUT2D eigenvalue weighted by Crippen LogP contribution is 2.27. The Morgan fingerprint density at radius 2 is 1.26 bits per heavy atom. The first-order valence-electron chi connectivity index (χ1n) is 10.2. The molecule has 0 atom stereocenters. The topological polar surface area (TPSA) is 86.5 Å². The molecule has 0 aliphatic heterocycles. The van der Waals surface area contributed by atoms with E-state index in [1.54, 1.807) is 47.4 Å². The first-order chi connectivity index (χ1) is 15.1. The van der Waals surface area contributed by atoms with Crippen molar-refractivity contribution in [1.82, 2.24) is 4.90 Å². The number of nitrogens with one attached hydrogen (secondary N) is 2. The van der Waals surface area contributed by atoms with E-state index in [4.69, 9.17) is 20.3 Å². The van der Waals surface area contributed by atoms with Gasteiger partial charge in [0.15, 0.2) is 0 Å². The third-order valence-corrected chi connectivity index (χ3v) is 4.87. The van der Waals surface area contributed by atoms with Gasteiger partial charge in [0.1, 0.15) is 23.7 Å². The first-order valence-corrected chi connectivity index (χ1v) is 10.2. The summed E-state index contributed by atoms with van der Waals surface area (Å²) in [5, 5.41) is 14.4. The van der Waals surface area contributed by atoms with E-state index in [-0.39, 0.29) is 18.1 Å². The van der Waals surface area contributed by atoms with Crippen molar-refractivity contribution in [2.45, 2.75) is 26.1 Å². The summed E-state index contributed by atoms with van der Waals surface area (Å²) in [6.45, 7) is 5.10. The molecule has 2 aliphatic rings. The summed E-state index contributed by atoms with van der Waals surface area (Å²) in [5.74, 6) is 5.61. The molecule has 31 heavy (non-hydrogen) atoms. The molecule has 0 bridgehead atoms. The number of hydrogen-bond donors (Lipinski definition) is 2. The monoisotopic (exact) mass is 415 g/mol. The third kappa shape index (κ3) is 5.61. The minimum Gasteiger partial charge on any atom is -0.482 e. The minimum absolute atomic E-state index is 0.0900. The Hall–Kier alpha value is -3.85. The van der Waals surface area contributed by atoms with Crippen LogP contribution < -0.4 is 9.47 Å². The number of hydrogen-bond acceptors (Lipinski definition) is 5. The maximum absolute atomic E-state index is 13.0. The van der Waals surface area contributed by atoms with Crippen LogP contribution >= 0.6 is 0 Å². The number of benzene rings is 1. The van der Waals surface area contributed by atoms with E-state index in [0.717, 1.165) is 0 Å². The van der Waals surface area contributed by atoms with Crippen LogP contribution in [0.5, 0.6) is 11.5 Å². The van der Waals surface area contributed by atoms with Crippen LogP contribution in [0.2, 0.25) is 0 Å². The number of amides is 1. The second-order valence-corrected chi connectivity index (χ2v) is 6.93. The fraction of sp³-hybridized carbons (Fsp3) is 0.240. The van der Waals surface area contributed by atoms with Crippen LogP contribution in [0.3, 0.4) is 0 Å². The number of allylic oxidation sites excluding steroid dienone is 6. The normalized spacial score (nSPS) is 19.0. The molecule has 0 unspecified atom stereocenters. The number of carbonyl (C=O) groups is 1. The predicted octanol–water partition coefficient (Wildman–Crippen LogP) is 4.27. The SMILES string of the molecule is CCN(CC)C(=O)c1cc(OC2C=CC(=C=N)C=C2)cc(OC2C=CC(=C=N)C=C2)c1. The van der Waals surface area contributed by atoms with E-state index in [1.165, 1.54) is 0 Å². The van der Waals surface area contributed by atoms with E-state index in [2.05, 4.69) is 11.7 Å². The molecule has 6 heteroatoms. The van der Waals surface area contributed by atoms with Crippen molar-refractivity contribution in [3.63, 3.8) is 0 Å². The Morgan fingerprint density at radius 1 is 0.839 bits per heavy atom. The van der Waals surface area contributed by atoms with Crippen molar-refractivity contribution in [3.8, 4) is 11.5 Å². The molecule has 0 spiro atoms. The fourth-order valence-electron chi connectivity index (χ4n) is 3.20. The van der Waals surface area contributed by atoms with Crippen molar-refractivity contribution in [2.75, 3.05) is 13.1 Å². The van der Waals surface area contributed by atoms with Crippen LogP contribution in [-0.4, -0.2) is 47.8 Å². The molecule has 2 N–H and O–H groups in total. The molecular weight excluding hydrogens is 390 g/mol. The number of ether oxygens (including phenoxy) is 2. The van der Waals surface area contributed by atoms with Gasteiger partial charge in [-0.1, -0.05) is 0 Å². The van der Waals surface area contributed by atoms with Crippen LogP contribution in [-0.2, 0) is 0 Å². The minimum atomic E-state index is -0.321. The molecular formula is C25H25N3O3. The van der Waals surface area contributed by atoms with Crippen LogP contribution in [0.4, 0.5) is 0 Å². The smallest absolute Gasteiger partial charge is 0.254 e. The van der Waals surface area contributed by atoms with Crippen molar-refractivity contribution in [1.29, 1.82) is 10.8 Å². The van der Waals surface area contributed by atoms with Gasteiger partial charge >= 0.3 is 0 Å². The first kappa shape index (κ1) is 21.8. The van der Waals surface area contributed by atoms with Gasteiger partial charge in [-0.3, -0.25) is 15.6 Å². The summed E-state index contributed by atoms with van der Waals surface area (Å²) in [6.07, 6.45) is 13.7. The van der Waals surface area contributed by atoms with Gasteiger partial charge in [-0.15, -0.1) is 0 Å². The quantitative estimate of drug-likeness (QED) is 0.652. The Kier molecular flexibility index (Phi) is 7.23. The molecule has 0 heterocycles. The fourth-order valence-corrected chi connectivity index (χ4v) is 3.20. The summed E-state index contributed by atoms with van der Waals surface area (Å²) >= 11 is 0. The van der Waals surface area contributed by atoms with E-state index in [0.29, 0.717) is 41.3 Å². The van der Waals surface area contributed by atoms with Gasteiger partial charge in [-0.05, 0) is 86.3 Å². The second kappa shape index (κ2) is 10.3. The van der Waals surface area contributed by atoms with Crippen molar-refractivity contribution in [3.05, 3.63) is 83.5 Å². The zero-order chi connectivity index (χ0) is 22.2. The van der Waals surface area contributed by atoms with Gasteiger partial charge in [-0.2, -0.15) is 0 Å². The van der Waals surface area contributed by atoms with Crippen LogP contribution in [0.1, 0.15) is 24.2 Å². The Balaban J connectivity index is 1.88. The van der Waals surface area contributed by atoms with Gasteiger partial charge in [0.05, 0.1) is 0 Å². The van der Waals surface area contributed by atoms with Gasteiger partial charge in [0, 0.05) is 35.9 Å². The highest BCUT2D eigenvalue weighted by Gasteiger charge is 2.18. The van der Waals surface area contributed by atoms with Crippen LogP contribution in [0.25, 0.3) is 0 Å². The number of rotatable bonds is 7. The molecule has 0 aromatic heterocycles. The summed E-state index contributed by atoms with van der Waals surface area (Å²) in [5.41, 5.74) is 1.83. The van der Waals surface area contributed by atoms with Crippen LogP contribution in [0.15, 0.2) is 78.0 Å². The van der Waals surface area contributed by atoms with Gasteiger partial charge in [-0.25, -0.2) is 0 Å². The van der Waals surface area contributed by atoms with Crippen molar-refractivity contribution < 1.29 is 14.3 Å². The molecule has 6 nitrogen and oxygen atoms in total. The van der Waals surface area contributed by atoms with E-state index >= 15 is 0 Å². The predicted molar refractivity (Wildman–Crippen MR) is 122 cm³/mol. The van der Waals surface area contributed by atoms with Crippen LogP contribution in [0, 0.1) is 10.8 Å². The average Bonchev–Trinajstić information content (AvgIpc) is 2.80. The molecule has 0 saturated heterocycles. The maximum Gasteiger partial charge on any atom is 0.254 e. The maximum atomic E-state index is 13.0. The molecule has 0 fully saturated rings. The third-order valence-electron chi connectivity index (χ3n) is 4.87. The second-order valence-electron chi connectivity index (χ2n) is 6.93. The average molecular weight is 415 g/mol. The summed E-state index contributed by atoms with van der Waals surface area (Å²) in [6, 6.07) is 5.20. The van der Waals surface area contributed by atoms with E-state index < -0.39 is 0 Å². The zero-order valence-electron chi connectivity index (χ0n) is 17.6. The molecule has 3 rings (SSSR count). The highest BCUT2D eigenvalue weighted by atomic mass is 16.5. The number of nitrogens with zero attached hydrogens (tertiary/aromatic N) is 1. The molecule has 2 aliphatic carbocycles. The Morgan fingerprint density at radius 3 is 1.61 bits per heavy atom. The molecule has 1 aromatic carbocycles. The molecule has 0 radical (unpaired) electrons. The molecule has 1 amide bonds. The highest BCUT2D eigenvalue weighted by molar-refractivity contribution is 5.95. The lowest BCUT2D eigenvalue weighted by molar-refractivity contribution is 0.0771. The lowest BCUT2D eigenvalue weighted by atomic mass is 10.1. The van der Waals surface area contributed by atoms with Gasteiger partial charge in [0.25, 0.3) is 5.91 Å². The van der Waals surface area contributed by atoms with Gasteiger partial charge in [0.2, 0.25) is 0 Å². The summed E-state index contributed by atoms with van der Waals surface area (Å²) in [4.78, 5) is 14.7. The lowest BCUT2D eigenvalue weighted by Crippen LogP contribution is -2.30. The number of carbonyl (C=O) groups excluding carboxylic acids is 1. The Labute approximate surface area is 182 Å². The Bertz CT molecular complexity index is 961.